The summed E-state index contributed by atoms with van der Waals surface area (Å²) in [6, 6.07) is 44.5. The van der Waals surface area contributed by atoms with Crippen molar-refractivity contribution in [1.29, 1.82) is 0 Å². The molecule has 0 aliphatic carbocycles. The van der Waals surface area contributed by atoms with Crippen LogP contribution in [-0.2, 0) is 0 Å². The van der Waals surface area contributed by atoms with Crippen molar-refractivity contribution < 1.29 is 4.42 Å². The quantitative estimate of drug-likeness (QED) is 0.193. The van der Waals surface area contributed by atoms with Gasteiger partial charge in [-0.25, -0.2) is 4.98 Å². The molecule has 0 aliphatic heterocycles. The Balaban J connectivity index is 1.35. The average Bonchev–Trinajstić information content (AvgIpc) is 3.50. The van der Waals surface area contributed by atoms with Crippen LogP contribution < -0.4 is 0 Å². The Kier molecular flexibility index (Phi) is 4.96. The third kappa shape index (κ3) is 3.39. The predicted molar refractivity (Wildman–Crippen MR) is 186 cm³/mol. The molecule has 0 amide bonds. The molecule has 0 saturated heterocycles. The summed E-state index contributed by atoms with van der Waals surface area (Å²) in [5.41, 5.74) is 8.77. The zero-order valence-corrected chi connectivity index (χ0v) is 24.0. The number of para-hydroxylation sites is 3. The Bertz CT molecular complexity index is 2830. The van der Waals surface area contributed by atoms with Crippen molar-refractivity contribution in [1.82, 2.24) is 15.0 Å². The maximum absolute atomic E-state index is 6.47. The Morgan fingerprint density at radius 1 is 0.400 bits per heavy atom. The monoisotopic (exact) mass is 573 g/mol. The Morgan fingerprint density at radius 2 is 1.00 bits per heavy atom. The molecule has 4 nitrogen and oxygen atoms in total. The van der Waals surface area contributed by atoms with E-state index in [9.17, 15) is 0 Å². The van der Waals surface area contributed by atoms with Crippen molar-refractivity contribution in [2.45, 2.75) is 0 Å². The predicted octanol–water partition coefficient (Wildman–Crippen LogP) is 10.9. The number of furan rings is 1. The van der Waals surface area contributed by atoms with Gasteiger partial charge in [0.15, 0.2) is 0 Å². The highest BCUT2D eigenvalue weighted by Gasteiger charge is 2.21. The topological polar surface area (TPSA) is 51.8 Å². The van der Waals surface area contributed by atoms with E-state index in [0.29, 0.717) is 0 Å². The zero-order valence-electron chi connectivity index (χ0n) is 24.0. The van der Waals surface area contributed by atoms with E-state index in [1.54, 1.807) is 0 Å². The molecule has 0 spiro atoms. The number of benzene rings is 6. The fraction of sp³-hybridized carbons (Fsp3) is 0. The normalized spacial score (nSPS) is 12.0. The van der Waals surface area contributed by atoms with Gasteiger partial charge >= 0.3 is 0 Å². The van der Waals surface area contributed by atoms with Crippen LogP contribution in [0.3, 0.4) is 0 Å². The molecular formula is C41H23N3O. The second-order valence-corrected chi connectivity index (χ2v) is 11.5. The third-order valence-corrected chi connectivity index (χ3v) is 9.14. The third-order valence-electron chi connectivity index (χ3n) is 9.14. The number of aromatic nitrogens is 3. The van der Waals surface area contributed by atoms with E-state index in [1.165, 1.54) is 0 Å². The number of nitrogens with zero attached hydrogens (tertiary/aromatic N) is 3. The largest absolute Gasteiger partial charge is 0.455 e. The van der Waals surface area contributed by atoms with Crippen LogP contribution in [0, 0.1) is 0 Å². The Hall–Kier alpha value is -6.13. The Labute approximate surface area is 257 Å². The first kappa shape index (κ1) is 24.3. The van der Waals surface area contributed by atoms with E-state index in [0.717, 1.165) is 98.6 Å². The average molecular weight is 574 g/mol. The molecule has 45 heavy (non-hydrogen) atoms. The maximum Gasteiger partial charge on any atom is 0.143 e. The van der Waals surface area contributed by atoms with Gasteiger partial charge in [0, 0.05) is 61.2 Å². The summed E-state index contributed by atoms with van der Waals surface area (Å²) in [7, 11) is 0. The minimum Gasteiger partial charge on any atom is -0.455 e. The second kappa shape index (κ2) is 9.18. The van der Waals surface area contributed by atoms with Crippen LogP contribution in [0.1, 0.15) is 0 Å². The number of hydrogen-bond acceptors (Lipinski definition) is 4. The molecule has 4 heteroatoms. The summed E-state index contributed by atoms with van der Waals surface area (Å²) in [5.74, 6) is 0. The number of rotatable bonds is 2. The maximum atomic E-state index is 6.47. The van der Waals surface area contributed by atoms with Crippen LogP contribution in [0.4, 0.5) is 0 Å². The molecule has 0 N–H and O–H groups in total. The molecule has 10 rings (SSSR count). The van der Waals surface area contributed by atoms with Gasteiger partial charge in [-0.15, -0.1) is 0 Å². The van der Waals surface area contributed by atoms with E-state index in [1.807, 2.05) is 36.7 Å². The van der Waals surface area contributed by atoms with Crippen LogP contribution in [-0.4, -0.2) is 15.0 Å². The van der Waals surface area contributed by atoms with Crippen LogP contribution in [0.5, 0.6) is 0 Å². The summed E-state index contributed by atoms with van der Waals surface area (Å²) < 4.78 is 6.47. The van der Waals surface area contributed by atoms with Crippen LogP contribution in [0.15, 0.2) is 144 Å². The van der Waals surface area contributed by atoms with Crippen molar-refractivity contribution in [3.63, 3.8) is 0 Å². The molecule has 0 radical (unpaired) electrons. The van der Waals surface area contributed by atoms with Crippen molar-refractivity contribution in [3.05, 3.63) is 140 Å². The molecule has 6 aromatic carbocycles. The standard InChI is InChI=1S/C41H23N3O/c1-2-11-25-24(10-1)26(29-14-7-15-30-27-12-4-6-19-35(27)45-41(29)30)20-21-28(25)38-37-33-17-9-23-43-40(33)39-32(16-8-22-42-39)36(37)31-13-3-5-18-34(31)44-38/h1-23H. The van der Waals surface area contributed by atoms with Gasteiger partial charge in [0.2, 0.25) is 0 Å². The van der Waals surface area contributed by atoms with Gasteiger partial charge in [-0.1, -0.05) is 103 Å². The van der Waals surface area contributed by atoms with Gasteiger partial charge in [0.25, 0.3) is 0 Å². The van der Waals surface area contributed by atoms with E-state index in [2.05, 4.69) is 103 Å². The molecule has 0 atom stereocenters. The summed E-state index contributed by atoms with van der Waals surface area (Å²) >= 11 is 0. The highest BCUT2D eigenvalue weighted by molar-refractivity contribution is 6.33. The van der Waals surface area contributed by atoms with Crippen LogP contribution >= 0.6 is 0 Å². The van der Waals surface area contributed by atoms with Crippen LogP contribution in [0.2, 0.25) is 0 Å². The lowest BCUT2D eigenvalue weighted by molar-refractivity contribution is 0.670. The van der Waals surface area contributed by atoms with Gasteiger partial charge in [-0.05, 0) is 40.6 Å². The fourth-order valence-corrected chi connectivity index (χ4v) is 7.24. The number of fused-ring (bicyclic) bond motifs is 12. The minimum atomic E-state index is 0.886. The molecule has 4 aromatic heterocycles. The van der Waals surface area contributed by atoms with Gasteiger partial charge in [-0.2, -0.15) is 0 Å². The summed E-state index contributed by atoms with van der Waals surface area (Å²) in [4.78, 5) is 15.0. The van der Waals surface area contributed by atoms with Gasteiger partial charge in [0.05, 0.1) is 22.2 Å². The summed E-state index contributed by atoms with van der Waals surface area (Å²) in [5, 5.41) is 10.0. The fourth-order valence-electron chi connectivity index (χ4n) is 7.24. The van der Waals surface area contributed by atoms with E-state index >= 15 is 0 Å². The molecular weight excluding hydrogens is 550 g/mol. The van der Waals surface area contributed by atoms with Crippen molar-refractivity contribution in [2.24, 2.45) is 0 Å². The van der Waals surface area contributed by atoms with Gasteiger partial charge < -0.3 is 4.42 Å². The molecule has 10 aromatic rings. The second-order valence-electron chi connectivity index (χ2n) is 11.5. The van der Waals surface area contributed by atoms with E-state index in [-0.39, 0.29) is 0 Å². The zero-order chi connectivity index (χ0) is 29.5. The molecule has 0 fully saturated rings. The molecule has 208 valence electrons. The first-order chi connectivity index (χ1) is 22.3. The SMILES string of the molecule is c1ccc2c(c1)nc(-c1ccc(-c3cccc4c3oc3ccccc34)c3ccccc13)c1c3cccnc3c3ncccc3c21. The molecule has 0 saturated carbocycles. The molecule has 4 heterocycles. The van der Waals surface area contributed by atoms with Crippen molar-refractivity contribution >= 4 is 76.2 Å². The lowest BCUT2D eigenvalue weighted by atomic mass is 9.89. The molecule has 0 unspecified atom stereocenters. The van der Waals surface area contributed by atoms with E-state index < -0.39 is 0 Å². The molecule has 0 aliphatic rings. The highest BCUT2D eigenvalue weighted by Crippen LogP contribution is 2.45. The number of hydrogen-bond donors (Lipinski definition) is 0. The summed E-state index contributed by atoms with van der Waals surface area (Å²) in [6.45, 7) is 0. The van der Waals surface area contributed by atoms with Crippen molar-refractivity contribution in [3.8, 4) is 22.4 Å². The van der Waals surface area contributed by atoms with Crippen molar-refractivity contribution in [2.75, 3.05) is 0 Å². The molecule has 0 bridgehead atoms. The minimum absolute atomic E-state index is 0.886. The summed E-state index contributed by atoms with van der Waals surface area (Å²) in [6.07, 6.45) is 3.70. The number of pyridine rings is 3. The highest BCUT2D eigenvalue weighted by atomic mass is 16.3. The van der Waals surface area contributed by atoms with Gasteiger partial charge in [-0.3, -0.25) is 9.97 Å². The van der Waals surface area contributed by atoms with E-state index in [4.69, 9.17) is 19.4 Å². The first-order valence-electron chi connectivity index (χ1n) is 15.1. The Morgan fingerprint density at radius 3 is 1.80 bits per heavy atom. The first-order valence-corrected chi connectivity index (χ1v) is 15.1. The van der Waals surface area contributed by atoms with Crippen LogP contribution in [0.25, 0.3) is 98.6 Å². The lowest BCUT2D eigenvalue weighted by Gasteiger charge is -2.17. The lowest BCUT2D eigenvalue weighted by Crippen LogP contribution is -1.95. The smallest absolute Gasteiger partial charge is 0.143 e. The van der Waals surface area contributed by atoms with Gasteiger partial charge in [0.1, 0.15) is 11.2 Å².